The lowest BCUT2D eigenvalue weighted by Crippen LogP contribution is -2.32. The van der Waals surface area contributed by atoms with Gasteiger partial charge in [-0.25, -0.2) is 0 Å². The molecule has 0 aromatic heterocycles. The van der Waals surface area contributed by atoms with Gasteiger partial charge in [-0.2, -0.15) is 0 Å². The molecule has 0 fully saturated rings. The summed E-state index contributed by atoms with van der Waals surface area (Å²) in [7, 11) is 0. The standard InChI is InChI=1S/C14H19Cl2N/c1-4-14(3,10-17-5-2)9-11-6-7-12(15)8-13(11)16/h4,6-8,17H,1,5,9-10H2,2-3H3. The first-order valence-corrected chi connectivity index (χ1v) is 6.54. The van der Waals surface area contributed by atoms with Gasteiger partial charge in [0.15, 0.2) is 0 Å². The van der Waals surface area contributed by atoms with E-state index in [1.54, 1.807) is 6.07 Å². The van der Waals surface area contributed by atoms with E-state index in [-0.39, 0.29) is 5.41 Å². The van der Waals surface area contributed by atoms with Gasteiger partial charge < -0.3 is 5.32 Å². The van der Waals surface area contributed by atoms with E-state index >= 15 is 0 Å². The van der Waals surface area contributed by atoms with Gasteiger partial charge in [-0.05, 0) is 30.7 Å². The molecule has 0 spiro atoms. The summed E-state index contributed by atoms with van der Waals surface area (Å²) in [5.74, 6) is 0. The summed E-state index contributed by atoms with van der Waals surface area (Å²) < 4.78 is 0. The van der Waals surface area contributed by atoms with Crippen LogP contribution in [0.25, 0.3) is 0 Å². The molecule has 0 aliphatic rings. The van der Waals surface area contributed by atoms with Gasteiger partial charge in [-0.3, -0.25) is 0 Å². The van der Waals surface area contributed by atoms with Crippen molar-refractivity contribution < 1.29 is 0 Å². The summed E-state index contributed by atoms with van der Waals surface area (Å²) in [5, 5.41) is 4.75. The first kappa shape index (κ1) is 14.6. The van der Waals surface area contributed by atoms with Crippen LogP contribution in [0.4, 0.5) is 0 Å². The molecule has 0 saturated carbocycles. The lowest BCUT2D eigenvalue weighted by molar-refractivity contribution is 0.396. The van der Waals surface area contributed by atoms with Gasteiger partial charge in [0.25, 0.3) is 0 Å². The van der Waals surface area contributed by atoms with Crippen molar-refractivity contribution in [3.63, 3.8) is 0 Å². The molecule has 1 aromatic carbocycles. The summed E-state index contributed by atoms with van der Waals surface area (Å²) in [6.45, 7) is 10.0. The molecule has 1 unspecified atom stereocenters. The van der Waals surface area contributed by atoms with E-state index in [4.69, 9.17) is 23.2 Å². The number of rotatable bonds is 6. The van der Waals surface area contributed by atoms with Crippen LogP contribution < -0.4 is 5.32 Å². The lowest BCUT2D eigenvalue weighted by atomic mass is 9.83. The molecule has 0 aliphatic carbocycles. The van der Waals surface area contributed by atoms with Gasteiger partial charge in [0.05, 0.1) is 0 Å². The van der Waals surface area contributed by atoms with Crippen molar-refractivity contribution >= 4 is 23.2 Å². The normalized spacial score (nSPS) is 14.4. The predicted molar refractivity (Wildman–Crippen MR) is 77.0 cm³/mol. The van der Waals surface area contributed by atoms with Gasteiger partial charge in [-0.15, -0.1) is 6.58 Å². The lowest BCUT2D eigenvalue weighted by Gasteiger charge is -2.26. The number of halogens is 2. The Morgan fingerprint density at radius 1 is 1.41 bits per heavy atom. The third-order valence-electron chi connectivity index (χ3n) is 2.88. The van der Waals surface area contributed by atoms with Gasteiger partial charge in [-0.1, -0.05) is 49.2 Å². The van der Waals surface area contributed by atoms with Crippen molar-refractivity contribution in [2.24, 2.45) is 5.41 Å². The van der Waals surface area contributed by atoms with Crippen LogP contribution in [0.2, 0.25) is 10.0 Å². The molecule has 0 radical (unpaired) electrons. The zero-order chi connectivity index (χ0) is 12.9. The number of hydrogen-bond acceptors (Lipinski definition) is 1. The molecule has 0 heterocycles. The molecule has 0 bridgehead atoms. The van der Waals surface area contributed by atoms with Crippen LogP contribution in [0.15, 0.2) is 30.9 Å². The molecule has 1 aromatic rings. The van der Waals surface area contributed by atoms with Gasteiger partial charge in [0.1, 0.15) is 0 Å². The minimum absolute atomic E-state index is 0.00742. The van der Waals surface area contributed by atoms with Gasteiger partial charge in [0.2, 0.25) is 0 Å². The molecule has 1 N–H and O–H groups in total. The Morgan fingerprint density at radius 2 is 2.12 bits per heavy atom. The molecule has 0 aliphatic heterocycles. The zero-order valence-corrected chi connectivity index (χ0v) is 11.9. The molecule has 94 valence electrons. The van der Waals surface area contributed by atoms with Crippen molar-refractivity contribution in [2.75, 3.05) is 13.1 Å². The van der Waals surface area contributed by atoms with Crippen molar-refractivity contribution in [3.05, 3.63) is 46.5 Å². The second-order valence-corrected chi connectivity index (χ2v) is 5.39. The predicted octanol–water partition coefficient (Wildman–Crippen LogP) is 4.34. The average Bonchev–Trinajstić information content (AvgIpc) is 2.30. The fourth-order valence-electron chi connectivity index (χ4n) is 1.72. The fourth-order valence-corrected chi connectivity index (χ4v) is 2.19. The monoisotopic (exact) mass is 271 g/mol. The van der Waals surface area contributed by atoms with E-state index < -0.39 is 0 Å². The largest absolute Gasteiger partial charge is 0.316 e. The highest BCUT2D eigenvalue weighted by Gasteiger charge is 2.21. The van der Waals surface area contributed by atoms with Crippen LogP contribution in [0, 0.1) is 5.41 Å². The Labute approximate surface area is 114 Å². The molecular weight excluding hydrogens is 253 g/mol. The molecule has 1 atom stereocenters. The van der Waals surface area contributed by atoms with Crippen molar-refractivity contribution in [2.45, 2.75) is 20.3 Å². The molecule has 17 heavy (non-hydrogen) atoms. The Kier molecular flexibility index (Phi) is 5.51. The molecule has 0 amide bonds. The Hall–Kier alpha value is -0.500. The minimum Gasteiger partial charge on any atom is -0.316 e. The SMILES string of the molecule is C=CC(C)(CNCC)Cc1ccc(Cl)cc1Cl. The van der Waals surface area contributed by atoms with Gasteiger partial charge >= 0.3 is 0 Å². The van der Waals surface area contributed by atoms with Crippen LogP contribution in [0.3, 0.4) is 0 Å². The quantitative estimate of drug-likeness (QED) is 0.760. The Morgan fingerprint density at radius 3 is 2.65 bits per heavy atom. The molecule has 1 rings (SSSR count). The average molecular weight is 272 g/mol. The first-order valence-electron chi connectivity index (χ1n) is 5.79. The molecule has 3 heteroatoms. The fraction of sp³-hybridized carbons (Fsp3) is 0.429. The van der Waals surface area contributed by atoms with E-state index in [9.17, 15) is 0 Å². The second kappa shape index (κ2) is 6.44. The highest BCUT2D eigenvalue weighted by Crippen LogP contribution is 2.29. The highest BCUT2D eigenvalue weighted by molar-refractivity contribution is 6.35. The highest BCUT2D eigenvalue weighted by atomic mass is 35.5. The van der Waals surface area contributed by atoms with E-state index in [2.05, 4.69) is 25.7 Å². The Balaban J connectivity index is 2.83. The second-order valence-electron chi connectivity index (χ2n) is 4.55. The van der Waals surface area contributed by atoms with Crippen molar-refractivity contribution in [3.8, 4) is 0 Å². The summed E-state index contributed by atoms with van der Waals surface area (Å²) in [6.07, 6.45) is 2.85. The van der Waals surface area contributed by atoms with Gasteiger partial charge in [0, 0.05) is 22.0 Å². The Bertz CT molecular complexity index is 390. The number of nitrogens with one attached hydrogen (secondary N) is 1. The summed E-state index contributed by atoms with van der Waals surface area (Å²) in [5.41, 5.74) is 1.12. The summed E-state index contributed by atoms with van der Waals surface area (Å²) >= 11 is 12.1. The first-order chi connectivity index (χ1) is 8.00. The summed E-state index contributed by atoms with van der Waals surface area (Å²) in [6, 6.07) is 5.65. The minimum atomic E-state index is 0.00742. The zero-order valence-electron chi connectivity index (χ0n) is 10.4. The molecular formula is C14H19Cl2N. The third kappa shape index (κ3) is 4.34. The summed E-state index contributed by atoms with van der Waals surface area (Å²) in [4.78, 5) is 0. The maximum Gasteiger partial charge on any atom is 0.0453 e. The van der Waals surface area contributed by atoms with Crippen molar-refractivity contribution in [1.29, 1.82) is 0 Å². The van der Waals surface area contributed by atoms with E-state index in [0.717, 1.165) is 30.1 Å². The smallest absolute Gasteiger partial charge is 0.0453 e. The number of benzene rings is 1. The van der Waals surface area contributed by atoms with Crippen LogP contribution >= 0.6 is 23.2 Å². The maximum absolute atomic E-state index is 6.19. The van der Waals surface area contributed by atoms with Crippen LogP contribution in [-0.2, 0) is 6.42 Å². The van der Waals surface area contributed by atoms with Crippen LogP contribution in [0.1, 0.15) is 19.4 Å². The molecule has 1 nitrogen and oxygen atoms in total. The molecule has 0 saturated heterocycles. The topological polar surface area (TPSA) is 12.0 Å². The van der Waals surface area contributed by atoms with E-state index in [1.165, 1.54) is 0 Å². The van der Waals surface area contributed by atoms with Crippen LogP contribution in [0.5, 0.6) is 0 Å². The van der Waals surface area contributed by atoms with Crippen molar-refractivity contribution in [1.82, 2.24) is 5.32 Å². The maximum atomic E-state index is 6.19. The number of hydrogen-bond donors (Lipinski definition) is 1. The third-order valence-corrected chi connectivity index (χ3v) is 3.47. The van der Waals surface area contributed by atoms with E-state index in [0.29, 0.717) is 5.02 Å². The van der Waals surface area contributed by atoms with Crippen LogP contribution in [-0.4, -0.2) is 13.1 Å². The van der Waals surface area contributed by atoms with E-state index in [1.807, 2.05) is 18.2 Å².